The van der Waals surface area contributed by atoms with Gasteiger partial charge in [0.25, 0.3) is 0 Å². The van der Waals surface area contributed by atoms with Crippen molar-refractivity contribution in [3.05, 3.63) is 65.2 Å². The first-order valence-electron chi connectivity index (χ1n) is 16.0. The maximum atomic E-state index is 13.2. The smallest absolute Gasteiger partial charge is 0.305 e. The van der Waals surface area contributed by atoms with E-state index in [9.17, 15) is 14.4 Å². The van der Waals surface area contributed by atoms with Crippen molar-refractivity contribution in [2.24, 2.45) is 0 Å². The Balaban J connectivity index is 1.12. The monoisotopic (exact) mass is 654 g/mol. The van der Waals surface area contributed by atoms with Gasteiger partial charge in [-0.1, -0.05) is 42.2 Å². The molecule has 1 heterocycles. The van der Waals surface area contributed by atoms with E-state index >= 15 is 0 Å². The normalized spacial score (nSPS) is 11.9. The first-order chi connectivity index (χ1) is 23.0. The SMILES string of the molecule is O=C(O)CCOCCCOCCOCCOCCOCCOCCC(=O)NCCC(=O)N1Cc2ccccc2C#Cc2ccccc21. The van der Waals surface area contributed by atoms with Crippen molar-refractivity contribution < 1.29 is 47.9 Å². The van der Waals surface area contributed by atoms with Crippen molar-refractivity contribution in [1.29, 1.82) is 0 Å². The van der Waals surface area contributed by atoms with Crippen molar-refractivity contribution in [3.63, 3.8) is 0 Å². The van der Waals surface area contributed by atoms with Gasteiger partial charge in [0.2, 0.25) is 11.8 Å². The van der Waals surface area contributed by atoms with Crippen LogP contribution in [0, 0.1) is 11.8 Å². The number of anilines is 1. The molecule has 0 spiro atoms. The van der Waals surface area contributed by atoms with Crippen molar-refractivity contribution in [1.82, 2.24) is 5.32 Å². The molecule has 0 saturated carbocycles. The largest absolute Gasteiger partial charge is 0.481 e. The molecular formula is C35H46N2O10. The van der Waals surface area contributed by atoms with Gasteiger partial charge < -0.3 is 43.7 Å². The molecular weight excluding hydrogens is 608 g/mol. The third kappa shape index (κ3) is 16.0. The number of fused-ring (bicyclic) bond motifs is 2. The number of amides is 2. The molecule has 2 aromatic rings. The van der Waals surface area contributed by atoms with Crippen LogP contribution in [0.2, 0.25) is 0 Å². The highest BCUT2D eigenvalue weighted by atomic mass is 16.6. The van der Waals surface area contributed by atoms with E-state index in [0.717, 1.165) is 22.4 Å². The molecule has 1 aliphatic rings. The van der Waals surface area contributed by atoms with Gasteiger partial charge in [-0.2, -0.15) is 0 Å². The summed E-state index contributed by atoms with van der Waals surface area (Å²) < 4.78 is 32.4. The molecule has 3 rings (SSSR count). The number of carboxylic acids is 1. The predicted octanol–water partition coefficient (Wildman–Crippen LogP) is 2.79. The molecule has 1 aliphatic heterocycles. The number of rotatable bonds is 25. The Morgan fingerprint density at radius 1 is 0.638 bits per heavy atom. The number of benzene rings is 2. The lowest BCUT2D eigenvalue weighted by atomic mass is 10.0. The van der Waals surface area contributed by atoms with E-state index in [0.29, 0.717) is 79.0 Å². The van der Waals surface area contributed by atoms with Crippen molar-refractivity contribution in [3.8, 4) is 11.8 Å². The summed E-state index contributed by atoms with van der Waals surface area (Å²) in [5.41, 5.74) is 3.45. The lowest BCUT2D eigenvalue weighted by Crippen LogP contribution is -2.35. The topological polar surface area (TPSA) is 142 Å². The molecule has 0 fully saturated rings. The molecule has 0 bridgehead atoms. The fraction of sp³-hybridized carbons (Fsp3) is 0.514. The fourth-order valence-electron chi connectivity index (χ4n) is 4.41. The third-order valence-corrected chi connectivity index (χ3v) is 6.83. The Morgan fingerprint density at radius 2 is 1.15 bits per heavy atom. The number of hydrogen-bond donors (Lipinski definition) is 2. The van der Waals surface area contributed by atoms with Crippen LogP contribution < -0.4 is 10.2 Å². The van der Waals surface area contributed by atoms with Gasteiger partial charge in [-0.3, -0.25) is 14.4 Å². The average Bonchev–Trinajstić information content (AvgIpc) is 3.06. The maximum absolute atomic E-state index is 13.2. The lowest BCUT2D eigenvalue weighted by Gasteiger charge is -2.26. The Morgan fingerprint density at radius 3 is 1.81 bits per heavy atom. The van der Waals surface area contributed by atoms with Crippen molar-refractivity contribution in [2.75, 3.05) is 90.7 Å². The molecule has 12 heteroatoms. The summed E-state index contributed by atoms with van der Waals surface area (Å²) in [7, 11) is 0. The number of nitrogens with one attached hydrogen (secondary N) is 1. The zero-order valence-electron chi connectivity index (χ0n) is 26.9. The highest BCUT2D eigenvalue weighted by Crippen LogP contribution is 2.25. The maximum Gasteiger partial charge on any atom is 0.305 e. The number of para-hydroxylation sites is 1. The number of ether oxygens (including phenoxy) is 6. The first-order valence-corrected chi connectivity index (χ1v) is 16.0. The van der Waals surface area contributed by atoms with Gasteiger partial charge in [0.05, 0.1) is 84.7 Å². The molecule has 2 N–H and O–H groups in total. The zero-order valence-corrected chi connectivity index (χ0v) is 26.9. The molecule has 12 nitrogen and oxygen atoms in total. The summed E-state index contributed by atoms with van der Waals surface area (Å²) in [4.78, 5) is 37.6. The lowest BCUT2D eigenvalue weighted by molar-refractivity contribution is -0.138. The van der Waals surface area contributed by atoms with E-state index in [1.54, 1.807) is 4.90 Å². The molecule has 0 aliphatic carbocycles. The Hall–Kier alpha value is -3.83. The average molecular weight is 655 g/mol. The van der Waals surface area contributed by atoms with E-state index in [4.69, 9.17) is 33.5 Å². The van der Waals surface area contributed by atoms with Gasteiger partial charge in [0.1, 0.15) is 0 Å². The highest BCUT2D eigenvalue weighted by Gasteiger charge is 2.21. The van der Waals surface area contributed by atoms with Crippen LogP contribution in [0.3, 0.4) is 0 Å². The summed E-state index contributed by atoms with van der Waals surface area (Å²) in [5.74, 6) is 5.27. The van der Waals surface area contributed by atoms with Gasteiger partial charge in [0, 0.05) is 43.7 Å². The summed E-state index contributed by atoms with van der Waals surface area (Å²) in [6.07, 6.45) is 1.08. The molecule has 256 valence electrons. The molecule has 0 aromatic heterocycles. The van der Waals surface area contributed by atoms with Crippen LogP contribution in [0.1, 0.15) is 42.4 Å². The van der Waals surface area contributed by atoms with E-state index in [1.165, 1.54) is 0 Å². The van der Waals surface area contributed by atoms with Crippen LogP contribution in [-0.2, 0) is 49.3 Å². The minimum Gasteiger partial charge on any atom is -0.481 e. The van der Waals surface area contributed by atoms with Crippen LogP contribution in [-0.4, -0.2) is 109 Å². The minimum atomic E-state index is -0.866. The van der Waals surface area contributed by atoms with Crippen molar-refractivity contribution >= 4 is 23.5 Å². The number of carbonyl (C=O) groups excluding carboxylic acids is 2. The number of aliphatic carboxylic acids is 1. The molecule has 0 unspecified atom stereocenters. The molecule has 0 saturated heterocycles. The molecule has 2 amide bonds. The Bertz CT molecular complexity index is 1290. The molecule has 0 radical (unpaired) electrons. The fourth-order valence-corrected chi connectivity index (χ4v) is 4.41. The van der Waals surface area contributed by atoms with E-state index in [-0.39, 0.29) is 50.8 Å². The van der Waals surface area contributed by atoms with Gasteiger partial charge in [-0.05, 0) is 30.2 Å². The standard InChI is InChI=1S/C35H46N2O10/c38-33(13-18-44-21-23-46-25-27-47-26-24-45-22-20-43-17-5-16-42-19-14-35(40)41)36-15-12-34(39)37-28-31-8-2-1-6-29(31)10-11-30-7-3-4-9-32(30)37/h1-4,6-9H,5,12-28H2,(H,36,38)(H,40,41). The second kappa shape index (κ2) is 23.5. The van der Waals surface area contributed by atoms with E-state index < -0.39 is 5.97 Å². The van der Waals surface area contributed by atoms with Crippen molar-refractivity contribution in [2.45, 2.75) is 32.2 Å². The van der Waals surface area contributed by atoms with Gasteiger partial charge in [-0.15, -0.1) is 0 Å². The molecule has 0 atom stereocenters. The highest BCUT2D eigenvalue weighted by molar-refractivity contribution is 5.95. The van der Waals surface area contributed by atoms with Crippen LogP contribution in [0.4, 0.5) is 5.69 Å². The zero-order chi connectivity index (χ0) is 33.4. The van der Waals surface area contributed by atoms with Crippen LogP contribution >= 0.6 is 0 Å². The minimum absolute atomic E-state index is 0.0106. The second-order valence-corrected chi connectivity index (χ2v) is 10.4. The van der Waals surface area contributed by atoms with Gasteiger partial charge in [0.15, 0.2) is 0 Å². The predicted molar refractivity (Wildman–Crippen MR) is 174 cm³/mol. The number of hydrogen-bond acceptors (Lipinski definition) is 9. The van der Waals surface area contributed by atoms with E-state index in [2.05, 4.69) is 17.2 Å². The summed E-state index contributed by atoms with van der Waals surface area (Å²) in [6, 6.07) is 15.4. The quantitative estimate of drug-likeness (QED) is 0.121. The summed E-state index contributed by atoms with van der Waals surface area (Å²) >= 11 is 0. The number of nitrogens with zero attached hydrogens (tertiary/aromatic N) is 1. The van der Waals surface area contributed by atoms with Crippen LogP contribution in [0.25, 0.3) is 0 Å². The van der Waals surface area contributed by atoms with Gasteiger partial charge in [-0.25, -0.2) is 0 Å². The Labute approximate surface area is 276 Å². The number of carboxylic acid groups (broad SMARTS) is 1. The summed E-state index contributed by atoms with van der Waals surface area (Å²) in [5, 5.41) is 11.3. The molecule has 47 heavy (non-hydrogen) atoms. The van der Waals surface area contributed by atoms with E-state index in [1.807, 2.05) is 48.5 Å². The Kier molecular flexibility index (Phi) is 18.8. The molecule has 2 aromatic carbocycles. The first kappa shape index (κ1) is 37.6. The third-order valence-electron chi connectivity index (χ3n) is 6.83. The van der Waals surface area contributed by atoms with Crippen LogP contribution in [0.15, 0.2) is 48.5 Å². The summed E-state index contributed by atoms with van der Waals surface area (Å²) in [6.45, 7) is 5.60. The van der Waals surface area contributed by atoms with Crippen LogP contribution in [0.5, 0.6) is 0 Å². The number of carbonyl (C=O) groups is 3. The van der Waals surface area contributed by atoms with Gasteiger partial charge >= 0.3 is 5.97 Å². The second-order valence-electron chi connectivity index (χ2n) is 10.4.